The predicted molar refractivity (Wildman–Crippen MR) is 89.0 cm³/mol. The molecule has 132 valence electrons. The third-order valence-electron chi connectivity index (χ3n) is 4.54. The monoisotopic (exact) mass is 343 g/mol. The average molecular weight is 343 g/mol. The summed E-state index contributed by atoms with van der Waals surface area (Å²) >= 11 is 0. The van der Waals surface area contributed by atoms with Crippen LogP contribution in [0, 0.1) is 5.92 Å². The van der Waals surface area contributed by atoms with Gasteiger partial charge in [0.05, 0.1) is 12.1 Å². The van der Waals surface area contributed by atoms with Crippen LogP contribution >= 0.6 is 0 Å². The molecule has 1 atom stereocenters. The molecule has 1 aromatic carbocycles. The van der Waals surface area contributed by atoms with Crippen LogP contribution in [0.15, 0.2) is 30.6 Å². The van der Waals surface area contributed by atoms with Gasteiger partial charge in [0.25, 0.3) is 0 Å². The van der Waals surface area contributed by atoms with E-state index in [1.165, 1.54) is 6.33 Å². The number of amides is 1. The van der Waals surface area contributed by atoms with Crippen molar-refractivity contribution in [2.45, 2.75) is 32.1 Å². The maximum Gasteiger partial charge on any atom is 0.303 e. The van der Waals surface area contributed by atoms with Crippen molar-refractivity contribution in [3.8, 4) is 5.69 Å². The Balaban J connectivity index is 1.55. The van der Waals surface area contributed by atoms with E-state index in [2.05, 4.69) is 15.5 Å². The minimum atomic E-state index is -0.772. The standard InChI is InChI=1S/C17H21N5O3/c23-16(21-9-1-2-14(11-21)5-8-17(24)25)10-13-3-6-15(7-4-13)22-12-18-19-20-22/h3-4,6-7,12,14H,1-2,5,8-11H2,(H,24,25)/t14-/m0/s1. The predicted octanol–water partition coefficient (Wildman–Crippen LogP) is 1.31. The number of nitrogens with zero attached hydrogens (tertiary/aromatic N) is 5. The lowest BCUT2D eigenvalue weighted by Gasteiger charge is -2.32. The first kappa shape index (κ1) is 17.1. The first-order chi connectivity index (χ1) is 12.1. The van der Waals surface area contributed by atoms with E-state index >= 15 is 0 Å². The number of tetrazole rings is 1. The molecule has 0 saturated carbocycles. The van der Waals surface area contributed by atoms with E-state index in [-0.39, 0.29) is 18.2 Å². The summed E-state index contributed by atoms with van der Waals surface area (Å²) in [4.78, 5) is 25.1. The largest absolute Gasteiger partial charge is 0.481 e. The van der Waals surface area contributed by atoms with Crippen LogP contribution in [-0.2, 0) is 16.0 Å². The van der Waals surface area contributed by atoms with Gasteiger partial charge in [0.1, 0.15) is 6.33 Å². The molecule has 8 heteroatoms. The highest BCUT2D eigenvalue weighted by Crippen LogP contribution is 2.22. The number of carbonyl (C=O) groups is 2. The van der Waals surface area contributed by atoms with Crippen LogP contribution in [0.5, 0.6) is 0 Å². The lowest BCUT2D eigenvalue weighted by molar-refractivity contribution is -0.137. The van der Waals surface area contributed by atoms with E-state index in [1.807, 2.05) is 29.2 Å². The van der Waals surface area contributed by atoms with Crippen molar-refractivity contribution in [2.24, 2.45) is 5.92 Å². The summed E-state index contributed by atoms with van der Waals surface area (Å²) in [6.45, 7) is 1.42. The second-order valence-electron chi connectivity index (χ2n) is 6.38. The molecule has 3 rings (SSSR count). The number of likely N-dealkylation sites (tertiary alicyclic amines) is 1. The fourth-order valence-electron chi connectivity index (χ4n) is 3.19. The summed E-state index contributed by atoms with van der Waals surface area (Å²) in [5.74, 6) is -0.391. The fourth-order valence-corrected chi connectivity index (χ4v) is 3.19. The number of hydrogen-bond acceptors (Lipinski definition) is 5. The van der Waals surface area contributed by atoms with Gasteiger partial charge in [-0.15, -0.1) is 5.10 Å². The highest BCUT2D eigenvalue weighted by atomic mass is 16.4. The molecule has 2 heterocycles. The smallest absolute Gasteiger partial charge is 0.303 e. The molecule has 0 spiro atoms. The second kappa shape index (κ2) is 7.87. The molecule has 0 unspecified atom stereocenters. The zero-order chi connectivity index (χ0) is 17.6. The Morgan fingerprint density at radius 3 is 2.72 bits per heavy atom. The summed E-state index contributed by atoms with van der Waals surface area (Å²) < 4.78 is 1.56. The minimum absolute atomic E-state index is 0.0928. The van der Waals surface area contributed by atoms with Gasteiger partial charge in [-0.25, -0.2) is 4.68 Å². The van der Waals surface area contributed by atoms with Gasteiger partial charge in [0.15, 0.2) is 0 Å². The van der Waals surface area contributed by atoms with Gasteiger partial charge in [0, 0.05) is 19.5 Å². The Morgan fingerprint density at radius 2 is 2.04 bits per heavy atom. The average Bonchev–Trinajstić information content (AvgIpc) is 3.15. The molecule has 8 nitrogen and oxygen atoms in total. The first-order valence-corrected chi connectivity index (χ1v) is 8.43. The van der Waals surface area contributed by atoms with Crippen molar-refractivity contribution in [1.82, 2.24) is 25.1 Å². The van der Waals surface area contributed by atoms with Crippen molar-refractivity contribution in [2.75, 3.05) is 13.1 Å². The number of rotatable bonds is 6. The summed E-state index contributed by atoms with van der Waals surface area (Å²) in [7, 11) is 0. The van der Waals surface area contributed by atoms with Crippen molar-refractivity contribution in [3.05, 3.63) is 36.2 Å². The molecular weight excluding hydrogens is 322 g/mol. The summed E-state index contributed by atoms with van der Waals surface area (Å²) in [6, 6.07) is 7.57. The molecule has 1 amide bonds. The number of carboxylic acids is 1. The molecule has 25 heavy (non-hydrogen) atoms. The summed E-state index contributed by atoms with van der Waals surface area (Å²) in [5.41, 5.74) is 1.78. The molecule has 1 saturated heterocycles. The SMILES string of the molecule is O=C(O)CC[C@@H]1CCCN(C(=O)Cc2ccc(-n3cnnn3)cc2)C1. The Morgan fingerprint density at radius 1 is 1.24 bits per heavy atom. The Bertz CT molecular complexity index is 714. The van der Waals surface area contributed by atoms with Crippen molar-refractivity contribution < 1.29 is 14.7 Å². The number of piperidine rings is 1. The zero-order valence-corrected chi connectivity index (χ0v) is 13.9. The van der Waals surface area contributed by atoms with E-state index in [0.29, 0.717) is 19.4 Å². The second-order valence-corrected chi connectivity index (χ2v) is 6.38. The third kappa shape index (κ3) is 4.62. The number of aliphatic carboxylic acids is 1. The number of benzene rings is 1. The Hall–Kier alpha value is -2.77. The van der Waals surface area contributed by atoms with Crippen LogP contribution in [0.3, 0.4) is 0 Å². The summed E-state index contributed by atoms with van der Waals surface area (Å²) in [6.07, 6.45) is 4.61. The molecule has 1 aliphatic heterocycles. The van der Waals surface area contributed by atoms with Crippen molar-refractivity contribution in [3.63, 3.8) is 0 Å². The quantitative estimate of drug-likeness (QED) is 0.848. The molecule has 1 fully saturated rings. The molecule has 0 bridgehead atoms. The number of hydrogen-bond donors (Lipinski definition) is 1. The lowest BCUT2D eigenvalue weighted by atomic mass is 9.93. The van der Waals surface area contributed by atoms with E-state index in [1.54, 1.807) is 4.68 Å². The molecule has 1 aromatic heterocycles. The summed E-state index contributed by atoms with van der Waals surface area (Å²) in [5, 5.41) is 19.8. The molecule has 1 N–H and O–H groups in total. The molecule has 0 aliphatic carbocycles. The molecule has 0 radical (unpaired) electrons. The van der Waals surface area contributed by atoms with E-state index in [9.17, 15) is 9.59 Å². The highest BCUT2D eigenvalue weighted by molar-refractivity contribution is 5.79. The fraction of sp³-hybridized carbons (Fsp3) is 0.471. The van der Waals surface area contributed by atoms with Crippen molar-refractivity contribution in [1.29, 1.82) is 0 Å². The van der Waals surface area contributed by atoms with Crippen LogP contribution in [0.2, 0.25) is 0 Å². The first-order valence-electron chi connectivity index (χ1n) is 8.43. The van der Waals surface area contributed by atoms with Crippen LogP contribution < -0.4 is 0 Å². The van der Waals surface area contributed by atoms with Gasteiger partial charge in [-0.05, 0) is 53.3 Å². The number of aromatic nitrogens is 4. The van der Waals surface area contributed by atoms with Gasteiger partial charge in [0.2, 0.25) is 5.91 Å². The molecule has 1 aliphatic rings. The third-order valence-corrected chi connectivity index (χ3v) is 4.54. The van der Waals surface area contributed by atoms with Crippen molar-refractivity contribution >= 4 is 11.9 Å². The van der Waals surface area contributed by atoms with E-state index in [4.69, 9.17) is 5.11 Å². The molecule has 2 aromatic rings. The van der Waals surface area contributed by atoms with Crippen LogP contribution in [0.1, 0.15) is 31.2 Å². The van der Waals surface area contributed by atoms with Gasteiger partial charge >= 0.3 is 5.97 Å². The zero-order valence-electron chi connectivity index (χ0n) is 13.9. The maximum absolute atomic E-state index is 12.5. The number of carboxylic acid groups (broad SMARTS) is 1. The van der Waals surface area contributed by atoms with Gasteiger partial charge < -0.3 is 10.0 Å². The van der Waals surface area contributed by atoms with E-state index < -0.39 is 5.97 Å². The van der Waals surface area contributed by atoms with Gasteiger partial charge in [-0.2, -0.15) is 0 Å². The van der Waals surface area contributed by atoms with Crippen LogP contribution in [0.4, 0.5) is 0 Å². The maximum atomic E-state index is 12.5. The highest BCUT2D eigenvalue weighted by Gasteiger charge is 2.24. The van der Waals surface area contributed by atoms with E-state index in [0.717, 1.165) is 30.6 Å². The van der Waals surface area contributed by atoms with Crippen LogP contribution in [-0.4, -0.2) is 55.2 Å². The topological polar surface area (TPSA) is 101 Å². The minimum Gasteiger partial charge on any atom is -0.481 e. The number of carbonyl (C=O) groups excluding carboxylic acids is 1. The molecular formula is C17H21N5O3. The van der Waals surface area contributed by atoms with Gasteiger partial charge in [-0.1, -0.05) is 12.1 Å². The Labute approximate surface area is 145 Å². The lowest BCUT2D eigenvalue weighted by Crippen LogP contribution is -2.40. The normalized spacial score (nSPS) is 17.4. The van der Waals surface area contributed by atoms with Crippen LogP contribution in [0.25, 0.3) is 5.69 Å². The van der Waals surface area contributed by atoms with Gasteiger partial charge in [-0.3, -0.25) is 9.59 Å². The Kier molecular flexibility index (Phi) is 5.37.